The van der Waals surface area contributed by atoms with E-state index in [2.05, 4.69) is 0 Å². The van der Waals surface area contributed by atoms with Gasteiger partial charge in [0.05, 0.1) is 12.5 Å². The molecule has 0 aliphatic rings. The van der Waals surface area contributed by atoms with Gasteiger partial charge in [-0.25, -0.2) is 4.39 Å². The minimum Gasteiger partial charge on any atom is -0.496 e. The van der Waals surface area contributed by atoms with Gasteiger partial charge in [-0.2, -0.15) is 0 Å². The number of halogens is 1. The third-order valence-corrected chi connectivity index (χ3v) is 2.89. The number of benzene rings is 1. The van der Waals surface area contributed by atoms with Gasteiger partial charge in [-0.3, -0.25) is 4.79 Å². The van der Waals surface area contributed by atoms with Gasteiger partial charge < -0.3 is 9.84 Å². The highest BCUT2D eigenvalue weighted by atomic mass is 19.1. The first-order valence-corrected chi connectivity index (χ1v) is 5.36. The van der Waals surface area contributed by atoms with Crippen LogP contribution in [0.15, 0.2) is 18.2 Å². The first-order valence-electron chi connectivity index (χ1n) is 5.36. The molecule has 4 heteroatoms. The molecule has 0 fully saturated rings. The summed E-state index contributed by atoms with van der Waals surface area (Å²) in [6.45, 7) is 4.55. The molecule has 1 unspecified atom stereocenters. The Hall–Kier alpha value is -1.58. The molecule has 0 spiro atoms. The second-order valence-corrected chi connectivity index (χ2v) is 4.51. The topological polar surface area (TPSA) is 46.5 Å². The Bertz CT molecular complexity index is 425. The van der Waals surface area contributed by atoms with Gasteiger partial charge in [-0.05, 0) is 38.5 Å². The average molecular weight is 240 g/mol. The SMILES string of the molecule is COc1ccc(C(C)F)cc1C(C)(C)C(=O)O. The fourth-order valence-corrected chi connectivity index (χ4v) is 1.58. The lowest BCUT2D eigenvalue weighted by Gasteiger charge is -2.23. The van der Waals surface area contributed by atoms with Crippen molar-refractivity contribution in [1.29, 1.82) is 0 Å². The van der Waals surface area contributed by atoms with E-state index < -0.39 is 17.6 Å². The van der Waals surface area contributed by atoms with Crippen molar-refractivity contribution in [3.63, 3.8) is 0 Å². The summed E-state index contributed by atoms with van der Waals surface area (Å²) in [6, 6.07) is 4.76. The van der Waals surface area contributed by atoms with Crippen LogP contribution in [0.3, 0.4) is 0 Å². The predicted molar refractivity (Wildman–Crippen MR) is 63.2 cm³/mol. The number of rotatable bonds is 4. The third kappa shape index (κ3) is 2.57. The summed E-state index contributed by atoms with van der Waals surface area (Å²) in [4.78, 5) is 11.2. The number of hydrogen-bond acceptors (Lipinski definition) is 2. The molecular weight excluding hydrogens is 223 g/mol. The molecule has 1 aromatic carbocycles. The largest absolute Gasteiger partial charge is 0.496 e. The highest BCUT2D eigenvalue weighted by Gasteiger charge is 2.33. The van der Waals surface area contributed by atoms with E-state index in [-0.39, 0.29) is 0 Å². The van der Waals surface area contributed by atoms with Crippen LogP contribution in [0.2, 0.25) is 0 Å². The average Bonchev–Trinajstić information content (AvgIpc) is 2.27. The van der Waals surface area contributed by atoms with Crippen molar-refractivity contribution in [2.75, 3.05) is 7.11 Å². The van der Waals surface area contributed by atoms with E-state index in [0.717, 1.165) is 0 Å². The molecule has 0 bridgehead atoms. The summed E-state index contributed by atoms with van der Waals surface area (Å²) in [5, 5.41) is 9.19. The van der Waals surface area contributed by atoms with Crippen LogP contribution in [0.5, 0.6) is 5.75 Å². The van der Waals surface area contributed by atoms with E-state index in [9.17, 15) is 14.3 Å². The normalized spacial score (nSPS) is 13.2. The van der Waals surface area contributed by atoms with E-state index in [1.54, 1.807) is 32.0 Å². The van der Waals surface area contributed by atoms with Crippen LogP contribution in [-0.2, 0) is 10.2 Å². The van der Waals surface area contributed by atoms with Crippen molar-refractivity contribution in [2.45, 2.75) is 32.4 Å². The van der Waals surface area contributed by atoms with Crippen molar-refractivity contribution < 1.29 is 19.0 Å². The summed E-state index contributed by atoms with van der Waals surface area (Å²) in [6.07, 6.45) is -1.13. The lowest BCUT2D eigenvalue weighted by Crippen LogP contribution is -2.29. The van der Waals surface area contributed by atoms with E-state index in [0.29, 0.717) is 16.9 Å². The number of aliphatic carboxylic acids is 1. The van der Waals surface area contributed by atoms with Crippen LogP contribution in [0.25, 0.3) is 0 Å². The molecule has 94 valence electrons. The van der Waals surface area contributed by atoms with Crippen LogP contribution >= 0.6 is 0 Å². The van der Waals surface area contributed by atoms with E-state index >= 15 is 0 Å². The first kappa shape index (κ1) is 13.5. The smallest absolute Gasteiger partial charge is 0.313 e. The number of carboxylic acid groups (broad SMARTS) is 1. The summed E-state index contributed by atoms with van der Waals surface area (Å²) in [5.74, 6) is -0.513. The van der Waals surface area contributed by atoms with Crippen LogP contribution in [0.4, 0.5) is 4.39 Å². The Labute approximate surface area is 100 Å². The Morgan fingerprint density at radius 3 is 2.47 bits per heavy atom. The summed E-state index contributed by atoms with van der Waals surface area (Å²) < 4.78 is 18.4. The number of ether oxygens (including phenoxy) is 1. The molecular formula is C13H17FO3. The van der Waals surface area contributed by atoms with E-state index in [4.69, 9.17) is 4.74 Å². The molecule has 0 saturated carbocycles. The zero-order chi connectivity index (χ0) is 13.2. The van der Waals surface area contributed by atoms with Crippen LogP contribution in [-0.4, -0.2) is 18.2 Å². The Morgan fingerprint density at radius 2 is 2.06 bits per heavy atom. The molecule has 0 saturated heterocycles. The van der Waals surface area contributed by atoms with Crippen molar-refractivity contribution in [2.24, 2.45) is 0 Å². The lowest BCUT2D eigenvalue weighted by molar-refractivity contribution is -0.142. The van der Waals surface area contributed by atoms with E-state index in [1.807, 2.05) is 0 Å². The van der Waals surface area contributed by atoms with E-state index in [1.165, 1.54) is 14.0 Å². The number of carboxylic acids is 1. The van der Waals surface area contributed by atoms with Gasteiger partial charge in [-0.15, -0.1) is 0 Å². The Kier molecular flexibility index (Phi) is 3.76. The molecule has 1 aromatic rings. The standard InChI is InChI=1S/C13H17FO3/c1-8(14)9-5-6-11(17-4)10(7-9)13(2,3)12(15)16/h5-8H,1-4H3,(H,15,16). The van der Waals surface area contributed by atoms with Gasteiger partial charge in [0.2, 0.25) is 0 Å². The minimum atomic E-state index is -1.13. The monoisotopic (exact) mass is 240 g/mol. The fraction of sp³-hybridized carbons (Fsp3) is 0.462. The number of hydrogen-bond donors (Lipinski definition) is 1. The molecule has 0 aliphatic carbocycles. The maximum Gasteiger partial charge on any atom is 0.313 e. The van der Waals surface area contributed by atoms with Crippen molar-refractivity contribution in [1.82, 2.24) is 0 Å². The zero-order valence-electron chi connectivity index (χ0n) is 10.5. The molecule has 0 heterocycles. The van der Waals surface area contributed by atoms with Crippen molar-refractivity contribution in [3.8, 4) is 5.75 Å². The summed E-state index contributed by atoms with van der Waals surface area (Å²) >= 11 is 0. The molecule has 0 aliphatic heterocycles. The van der Waals surface area contributed by atoms with Crippen LogP contribution in [0.1, 0.15) is 38.1 Å². The maximum atomic E-state index is 13.3. The second-order valence-electron chi connectivity index (χ2n) is 4.51. The van der Waals surface area contributed by atoms with Crippen molar-refractivity contribution >= 4 is 5.97 Å². The summed E-state index contributed by atoms with van der Waals surface area (Å²) in [5.41, 5.74) is -0.180. The van der Waals surface area contributed by atoms with Gasteiger partial charge in [0, 0.05) is 5.56 Å². The predicted octanol–water partition coefficient (Wildman–Crippen LogP) is 3.09. The second kappa shape index (κ2) is 4.73. The molecule has 0 aromatic heterocycles. The van der Waals surface area contributed by atoms with Gasteiger partial charge in [0.25, 0.3) is 0 Å². The first-order chi connectivity index (χ1) is 7.80. The highest BCUT2D eigenvalue weighted by Crippen LogP contribution is 2.34. The van der Waals surface area contributed by atoms with Gasteiger partial charge >= 0.3 is 5.97 Å². The molecule has 1 rings (SSSR count). The van der Waals surface area contributed by atoms with Gasteiger partial charge in [-0.1, -0.05) is 6.07 Å². The molecule has 3 nitrogen and oxygen atoms in total. The number of carbonyl (C=O) groups is 1. The zero-order valence-corrected chi connectivity index (χ0v) is 10.5. The molecule has 1 atom stereocenters. The summed E-state index contributed by atoms with van der Waals surface area (Å²) in [7, 11) is 1.47. The quantitative estimate of drug-likeness (QED) is 0.879. The van der Waals surface area contributed by atoms with Crippen LogP contribution in [0, 0.1) is 0 Å². The Balaban J connectivity index is 3.38. The molecule has 0 radical (unpaired) electrons. The van der Waals surface area contributed by atoms with Crippen molar-refractivity contribution in [3.05, 3.63) is 29.3 Å². The molecule has 0 amide bonds. The Morgan fingerprint density at radius 1 is 1.47 bits per heavy atom. The maximum absolute atomic E-state index is 13.3. The number of alkyl halides is 1. The molecule has 17 heavy (non-hydrogen) atoms. The van der Waals surface area contributed by atoms with Gasteiger partial charge in [0.1, 0.15) is 11.9 Å². The third-order valence-electron chi connectivity index (χ3n) is 2.89. The minimum absolute atomic E-state index is 0.454. The number of methoxy groups -OCH3 is 1. The van der Waals surface area contributed by atoms with Gasteiger partial charge in [0.15, 0.2) is 0 Å². The lowest BCUT2D eigenvalue weighted by atomic mass is 9.83. The molecule has 1 N–H and O–H groups in total. The fourth-order valence-electron chi connectivity index (χ4n) is 1.58. The van der Waals surface area contributed by atoms with Crippen LogP contribution < -0.4 is 4.74 Å². The highest BCUT2D eigenvalue weighted by molar-refractivity contribution is 5.81.